The van der Waals surface area contributed by atoms with Crippen molar-refractivity contribution in [1.82, 2.24) is 5.32 Å². The lowest BCUT2D eigenvalue weighted by atomic mass is 9.86. The van der Waals surface area contributed by atoms with Gasteiger partial charge in [0.15, 0.2) is 0 Å². The average molecular weight is 290 g/mol. The number of aliphatic hydroxyl groups is 1. The van der Waals surface area contributed by atoms with Crippen molar-refractivity contribution in [2.24, 2.45) is 5.41 Å². The summed E-state index contributed by atoms with van der Waals surface area (Å²) >= 11 is 12.0. The fourth-order valence-corrected chi connectivity index (χ4v) is 2.54. The average Bonchev–Trinajstić information content (AvgIpc) is 2.27. The predicted octanol–water partition coefficient (Wildman–Crippen LogP) is 2.65. The van der Waals surface area contributed by atoms with Crippen molar-refractivity contribution in [2.75, 3.05) is 26.4 Å². The van der Waals surface area contributed by atoms with Crippen LogP contribution in [0.25, 0.3) is 0 Å². The Morgan fingerprint density at radius 1 is 1.44 bits per heavy atom. The van der Waals surface area contributed by atoms with Crippen molar-refractivity contribution in [3.63, 3.8) is 0 Å². The molecule has 2 N–H and O–H groups in total. The molecule has 1 atom stereocenters. The van der Waals surface area contributed by atoms with Crippen LogP contribution in [-0.4, -0.2) is 31.5 Å². The number of halogens is 2. The van der Waals surface area contributed by atoms with Crippen LogP contribution in [0.1, 0.15) is 18.5 Å². The van der Waals surface area contributed by atoms with E-state index in [2.05, 4.69) is 5.32 Å². The summed E-state index contributed by atoms with van der Waals surface area (Å²) in [5.41, 5.74) is 0.877. The maximum absolute atomic E-state index is 9.35. The van der Waals surface area contributed by atoms with Gasteiger partial charge in [-0.3, -0.25) is 0 Å². The fourth-order valence-electron chi connectivity index (χ4n) is 1.97. The van der Waals surface area contributed by atoms with Crippen molar-refractivity contribution in [1.29, 1.82) is 0 Å². The predicted molar refractivity (Wildman–Crippen MR) is 73.2 cm³/mol. The topological polar surface area (TPSA) is 41.5 Å². The van der Waals surface area contributed by atoms with E-state index in [9.17, 15) is 5.11 Å². The second-order valence-electron chi connectivity index (χ2n) is 4.92. The Labute approximate surface area is 117 Å². The van der Waals surface area contributed by atoms with Crippen molar-refractivity contribution in [3.05, 3.63) is 33.8 Å². The molecule has 1 aliphatic rings. The molecule has 1 aromatic rings. The van der Waals surface area contributed by atoms with Crippen LogP contribution in [0.15, 0.2) is 18.2 Å². The standard InChI is InChI=1S/C13H17Cl2NO2/c1-9(11-3-2-10(14)4-12(11)15)16-5-13(6-17)7-18-8-13/h2-4,9,16-17H,5-8H2,1H3. The number of benzene rings is 1. The fraction of sp³-hybridized carbons (Fsp3) is 0.538. The van der Waals surface area contributed by atoms with Gasteiger partial charge in [0.1, 0.15) is 0 Å². The number of hydrogen-bond acceptors (Lipinski definition) is 3. The lowest BCUT2D eigenvalue weighted by Gasteiger charge is -2.40. The van der Waals surface area contributed by atoms with Crippen LogP contribution in [0.2, 0.25) is 10.0 Å². The van der Waals surface area contributed by atoms with Crippen LogP contribution >= 0.6 is 23.2 Å². The molecule has 1 aromatic carbocycles. The minimum atomic E-state index is -0.132. The van der Waals surface area contributed by atoms with Gasteiger partial charge in [-0.25, -0.2) is 0 Å². The van der Waals surface area contributed by atoms with Gasteiger partial charge in [-0.05, 0) is 24.6 Å². The van der Waals surface area contributed by atoms with E-state index in [0.717, 1.165) is 5.56 Å². The third-order valence-electron chi connectivity index (χ3n) is 3.36. The molecule has 100 valence electrons. The van der Waals surface area contributed by atoms with E-state index < -0.39 is 0 Å². The van der Waals surface area contributed by atoms with Gasteiger partial charge >= 0.3 is 0 Å². The van der Waals surface area contributed by atoms with Crippen molar-refractivity contribution in [3.8, 4) is 0 Å². The molecule has 1 heterocycles. The molecule has 1 unspecified atom stereocenters. The Morgan fingerprint density at radius 2 is 2.17 bits per heavy atom. The normalized spacial score (nSPS) is 19.3. The summed E-state index contributed by atoms with van der Waals surface area (Å²) in [6.07, 6.45) is 0. The molecule has 1 aliphatic heterocycles. The van der Waals surface area contributed by atoms with Crippen LogP contribution in [0.4, 0.5) is 0 Å². The summed E-state index contributed by atoms with van der Waals surface area (Å²) in [5.74, 6) is 0. The Balaban J connectivity index is 1.97. The Morgan fingerprint density at radius 3 is 2.67 bits per heavy atom. The zero-order valence-electron chi connectivity index (χ0n) is 10.2. The van der Waals surface area contributed by atoms with E-state index in [1.165, 1.54) is 0 Å². The second kappa shape index (κ2) is 5.76. The first-order valence-electron chi connectivity index (χ1n) is 5.93. The summed E-state index contributed by atoms with van der Waals surface area (Å²) in [6.45, 7) is 4.11. The minimum absolute atomic E-state index is 0.110. The molecule has 1 saturated heterocycles. The van der Waals surface area contributed by atoms with Crippen molar-refractivity contribution >= 4 is 23.2 Å². The largest absolute Gasteiger partial charge is 0.396 e. The summed E-state index contributed by atoms with van der Waals surface area (Å²) < 4.78 is 5.16. The molecule has 0 saturated carbocycles. The first kappa shape index (κ1) is 14.1. The first-order valence-corrected chi connectivity index (χ1v) is 6.69. The van der Waals surface area contributed by atoms with E-state index in [-0.39, 0.29) is 18.1 Å². The van der Waals surface area contributed by atoms with Crippen LogP contribution in [0.5, 0.6) is 0 Å². The summed E-state index contributed by atoms with van der Waals surface area (Å²) in [4.78, 5) is 0. The van der Waals surface area contributed by atoms with E-state index in [4.69, 9.17) is 27.9 Å². The molecule has 0 bridgehead atoms. The number of hydrogen-bond donors (Lipinski definition) is 2. The van der Waals surface area contributed by atoms with Crippen LogP contribution in [0, 0.1) is 5.41 Å². The second-order valence-corrected chi connectivity index (χ2v) is 5.76. The molecule has 0 amide bonds. The molecule has 0 spiro atoms. The molecule has 3 nitrogen and oxygen atoms in total. The molecule has 18 heavy (non-hydrogen) atoms. The summed E-state index contributed by atoms with van der Waals surface area (Å²) in [7, 11) is 0. The molecule has 1 fully saturated rings. The smallest absolute Gasteiger partial charge is 0.0579 e. The number of nitrogens with one attached hydrogen (secondary N) is 1. The third-order valence-corrected chi connectivity index (χ3v) is 3.93. The third kappa shape index (κ3) is 2.98. The highest BCUT2D eigenvalue weighted by Gasteiger charge is 2.38. The van der Waals surface area contributed by atoms with Crippen LogP contribution in [-0.2, 0) is 4.74 Å². The molecular weight excluding hydrogens is 273 g/mol. The summed E-state index contributed by atoms with van der Waals surface area (Å²) in [5, 5.41) is 14.0. The molecule has 0 aliphatic carbocycles. The Kier molecular flexibility index (Phi) is 4.51. The maximum Gasteiger partial charge on any atom is 0.0579 e. The highest BCUT2D eigenvalue weighted by Crippen LogP contribution is 2.29. The van der Waals surface area contributed by atoms with Crippen molar-refractivity contribution in [2.45, 2.75) is 13.0 Å². The number of rotatable bonds is 5. The molecule has 0 aromatic heterocycles. The maximum atomic E-state index is 9.35. The monoisotopic (exact) mass is 289 g/mol. The van der Waals surface area contributed by atoms with Gasteiger partial charge < -0.3 is 15.2 Å². The van der Waals surface area contributed by atoms with E-state index in [0.29, 0.717) is 29.8 Å². The lowest BCUT2D eigenvalue weighted by Crippen LogP contribution is -2.52. The summed E-state index contributed by atoms with van der Waals surface area (Å²) in [6, 6.07) is 5.60. The zero-order chi connectivity index (χ0) is 13.2. The van der Waals surface area contributed by atoms with Gasteiger partial charge in [-0.1, -0.05) is 29.3 Å². The highest BCUT2D eigenvalue weighted by atomic mass is 35.5. The van der Waals surface area contributed by atoms with Crippen LogP contribution in [0.3, 0.4) is 0 Å². The molecule has 0 radical (unpaired) electrons. The van der Waals surface area contributed by atoms with Gasteiger partial charge in [0.25, 0.3) is 0 Å². The van der Waals surface area contributed by atoms with Crippen LogP contribution < -0.4 is 5.32 Å². The van der Waals surface area contributed by atoms with Crippen molar-refractivity contribution < 1.29 is 9.84 Å². The lowest BCUT2D eigenvalue weighted by molar-refractivity contribution is -0.135. The number of ether oxygens (including phenoxy) is 1. The van der Waals surface area contributed by atoms with Gasteiger partial charge in [-0.15, -0.1) is 0 Å². The molecular formula is C13H17Cl2NO2. The zero-order valence-corrected chi connectivity index (χ0v) is 11.8. The highest BCUT2D eigenvalue weighted by molar-refractivity contribution is 6.35. The number of aliphatic hydroxyl groups excluding tert-OH is 1. The van der Waals surface area contributed by atoms with E-state index in [1.807, 2.05) is 19.1 Å². The Hall–Kier alpha value is -0.320. The van der Waals surface area contributed by atoms with Gasteiger partial charge in [0, 0.05) is 22.6 Å². The van der Waals surface area contributed by atoms with Gasteiger partial charge in [-0.2, -0.15) is 0 Å². The van der Waals surface area contributed by atoms with E-state index in [1.54, 1.807) is 6.07 Å². The molecule has 5 heteroatoms. The Bertz CT molecular complexity index is 416. The minimum Gasteiger partial charge on any atom is -0.396 e. The van der Waals surface area contributed by atoms with Gasteiger partial charge in [0.05, 0.1) is 25.2 Å². The molecule has 2 rings (SSSR count). The first-order chi connectivity index (χ1) is 8.56. The van der Waals surface area contributed by atoms with Gasteiger partial charge in [0.2, 0.25) is 0 Å². The van der Waals surface area contributed by atoms with E-state index >= 15 is 0 Å². The quantitative estimate of drug-likeness (QED) is 0.876. The SMILES string of the molecule is CC(NCC1(CO)COC1)c1ccc(Cl)cc1Cl.